The van der Waals surface area contributed by atoms with Crippen LogP contribution in [0.3, 0.4) is 0 Å². The molecule has 0 unspecified atom stereocenters. The van der Waals surface area contributed by atoms with Crippen molar-refractivity contribution < 1.29 is 13.2 Å². The number of benzene rings is 2. The van der Waals surface area contributed by atoms with Gasteiger partial charge in [0.05, 0.1) is 12.0 Å². The first-order valence-corrected chi connectivity index (χ1v) is 11.6. The number of hydrogen-bond donors (Lipinski definition) is 1. The number of pyridine rings is 1. The van der Waals surface area contributed by atoms with Gasteiger partial charge in [0, 0.05) is 35.8 Å². The first-order valence-electron chi connectivity index (χ1n) is 10.2. The van der Waals surface area contributed by atoms with Crippen LogP contribution in [0.4, 0.5) is 0 Å². The maximum absolute atomic E-state index is 13.0. The fourth-order valence-electron chi connectivity index (χ4n) is 4.02. The smallest absolute Gasteiger partial charge is 0.243 e. The first kappa shape index (κ1) is 19.7. The maximum Gasteiger partial charge on any atom is 0.243 e. The molecular weight excluding hydrogens is 412 g/mol. The lowest BCUT2D eigenvalue weighted by Crippen LogP contribution is -2.27. The predicted molar refractivity (Wildman–Crippen MR) is 119 cm³/mol. The number of aromatic amines is 1. The van der Waals surface area contributed by atoms with Crippen molar-refractivity contribution in [3.63, 3.8) is 0 Å². The fraction of sp³-hybridized carbons (Fsp3) is 0.217. The summed E-state index contributed by atoms with van der Waals surface area (Å²) < 4.78 is 33.0. The number of methoxy groups -OCH3 is 1. The van der Waals surface area contributed by atoms with Crippen molar-refractivity contribution in [2.75, 3.05) is 20.2 Å². The lowest BCUT2D eigenvalue weighted by molar-refractivity contribution is 0.416. The van der Waals surface area contributed by atoms with Gasteiger partial charge in [-0.15, -0.1) is 0 Å². The van der Waals surface area contributed by atoms with Gasteiger partial charge in [-0.2, -0.15) is 9.40 Å². The minimum atomic E-state index is -3.48. The van der Waals surface area contributed by atoms with E-state index in [1.54, 1.807) is 35.8 Å². The van der Waals surface area contributed by atoms with E-state index in [9.17, 15) is 8.42 Å². The molecule has 2 aromatic carbocycles. The highest BCUT2D eigenvalue weighted by Gasteiger charge is 2.27. The number of aromatic nitrogens is 3. The zero-order chi connectivity index (χ0) is 21.4. The fourth-order valence-corrected chi connectivity index (χ4v) is 5.58. The van der Waals surface area contributed by atoms with Crippen LogP contribution in [0, 0.1) is 0 Å². The summed E-state index contributed by atoms with van der Waals surface area (Å²) in [7, 11) is -1.85. The number of para-hydroxylation sites is 1. The van der Waals surface area contributed by atoms with Gasteiger partial charge in [-0.3, -0.25) is 5.10 Å². The average molecular weight is 435 g/mol. The Kier molecular flexibility index (Phi) is 4.95. The minimum absolute atomic E-state index is 0.309. The summed E-state index contributed by atoms with van der Waals surface area (Å²) in [6.07, 6.45) is 3.55. The van der Waals surface area contributed by atoms with Crippen molar-refractivity contribution >= 4 is 21.1 Å². The zero-order valence-corrected chi connectivity index (χ0v) is 17.9. The van der Waals surface area contributed by atoms with Gasteiger partial charge in [-0.25, -0.2) is 13.4 Å². The largest absolute Gasteiger partial charge is 0.496 e. The number of rotatable bonds is 5. The molecule has 0 radical (unpaired) electrons. The number of fused-ring (bicyclic) bond motifs is 1. The van der Waals surface area contributed by atoms with Crippen molar-refractivity contribution in [2.24, 2.45) is 0 Å². The van der Waals surface area contributed by atoms with Crippen LogP contribution in [-0.4, -0.2) is 48.1 Å². The van der Waals surface area contributed by atoms with Crippen molar-refractivity contribution in [3.8, 4) is 28.1 Å². The molecule has 1 N–H and O–H groups in total. The average Bonchev–Trinajstić information content (AvgIpc) is 3.49. The topological polar surface area (TPSA) is 88.2 Å². The molecule has 158 valence electrons. The Morgan fingerprint density at radius 1 is 1.00 bits per heavy atom. The summed E-state index contributed by atoms with van der Waals surface area (Å²) in [4.78, 5) is 4.82. The van der Waals surface area contributed by atoms with Gasteiger partial charge in [0.1, 0.15) is 11.4 Å². The van der Waals surface area contributed by atoms with Crippen LogP contribution in [0.2, 0.25) is 0 Å². The van der Waals surface area contributed by atoms with E-state index >= 15 is 0 Å². The van der Waals surface area contributed by atoms with E-state index < -0.39 is 10.0 Å². The molecule has 31 heavy (non-hydrogen) atoms. The Balaban J connectivity index is 1.59. The molecule has 1 fully saturated rings. The third-order valence-electron chi connectivity index (χ3n) is 5.65. The number of H-pyrrole nitrogens is 1. The van der Waals surface area contributed by atoms with Crippen LogP contribution in [0.1, 0.15) is 12.8 Å². The van der Waals surface area contributed by atoms with Crippen LogP contribution in [0.25, 0.3) is 33.4 Å². The molecule has 7 nitrogen and oxygen atoms in total. The molecule has 1 saturated heterocycles. The second-order valence-electron chi connectivity index (χ2n) is 7.53. The molecule has 0 amide bonds. The third-order valence-corrected chi connectivity index (χ3v) is 7.54. The van der Waals surface area contributed by atoms with Gasteiger partial charge in [0.15, 0.2) is 5.65 Å². The van der Waals surface area contributed by atoms with Crippen molar-refractivity contribution in [1.82, 2.24) is 19.5 Å². The number of sulfonamides is 1. The Labute approximate surface area is 180 Å². The highest BCUT2D eigenvalue weighted by molar-refractivity contribution is 7.89. The molecule has 1 aliphatic heterocycles. The van der Waals surface area contributed by atoms with Crippen LogP contribution < -0.4 is 4.74 Å². The number of nitrogens with zero attached hydrogens (tertiary/aromatic N) is 3. The van der Waals surface area contributed by atoms with Crippen molar-refractivity contribution in [3.05, 3.63) is 60.8 Å². The highest BCUT2D eigenvalue weighted by atomic mass is 32.2. The normalized spacial score (nSPS) is 14.9. The molecule has 0 bridgehead atoms. The molecule has 0 spiro atoms. The lowest BCUT2D eigenvalue weighted by Gasteiger charge is -2.16. The summed E-state index contributed by atoms with van der Waals surface area (Å²) >= 11 is 0. The lowest BCUT2D eigenvalue weighted by atomic mass is 10.0. The molecule has 3 heterocycles. The molecule has 2 aromatic heterocycles. The Bertz CT molecular complexity index is 1360. The second kappa shape index (κ2) is 7.79. The number of ether oxygens (including phenoxy) is 1. The molecule has 4 aromatic rings. The van der Waals surface area contributed by atoms with E-state index in [4.69, 9.17) is 4.74 Å². The van der Waals surface area contributed by atoms with Gasteiger partial charge in [0.25, 0.3) is 0 Å². The molecule has 0 atom stereocenters. The van der Waals surface area contributed by atoms with Gasteiger partial charge in [0.2, 0.25) is 10.0 Å². The van der Waals surface area contributed by atoms with Crippen LogP contribution in [0.5, 0.6) is 5.75 Å². The Morgan fingerprint density at radius 2 is 1.81 bits per heavy atom. The van der Waals surface area contributed by atoms with Gasteiger partial charge in [-0.05, 0) is 48.7 Å². The van der Waals surface area contributed by atoms with Crippen LogP contribution in [0.15, 0.2) is 65.7 Å². The number of hydrogen-bond acceptors (Lipinski definition) is 5. The highest BCUT2D eigenvalue weighted by Crippen LogP contribution is 2.34. The molecule has 8 heteroatoms. The van der Waals surface area contributed by atoms with Crippen LogP contribution in [-0.2, 0) is 10.0 Å². The maximum atomic E-state index is 13.0. The quantitative estimate of drug-likeness (QED) is 0.511. The molecule has 5 rings (SSSR count). The summed E-state index contributed by atoms with van der Waals surface area (Å²) in [6, 6.07) is 16.7. The van der Waals surface area contributed by atoms with E-state index in [0.717, 1.165) is 46.4 Å². The minimum Gasteiger partial charge on any atom is -0.496 e. The molecule has 1 aliphatic rings. The summed E-state index contributed by atoms with van der Waals surface area (Å²) in [5, 5.41) is 8.26. The van der Waals surface area contributed by atoms with E-state index in [1.165, 1.54) is 0 Å². The van der Waals surface area contributed by atoms with E-state index in [2.05, 4.69) is 15.2 Å². The predicted octanol–water partition coefficient (Wildman–Crippen LogP) is 4.09. The molecular formula is C23H22N4O3S. The first-order chi connectivity index (χ1) is 15.1. The van der Waals surface area contributed by atoms with E-state index in [0.29, 0.717) is 23.6 Å². The summed E-state index contributed by atoms with van der Waals surface area (Å²) in [5.74, 6) is 0.722. The standard InChI is InChI=1S/C23H22N4O3S/c1-30-21-10-3-2-9-19(21)22-20-14-17(15-24-23(20)26-25-22)16-7-6-8-18(13-16)31(28,29)27-11-4-5-12-27/h2-3,6-10,13-15H,4-5,11-12H2,1H3,(H,24,25,26). The summed E-state index contributed by atoms with van der Waals surface area (Å²) in [5.41, 5.74) is 3.87. The third kappa shape index (κ3) is 3.47. The summed E-state index contributed by atoms with van der Waals surface area (Å²) in [6.45, 7) is 1.16. The Morgan fingerprint density at radius 3 is 2.61 bits per heavy atom. The zero-order valence-electron chi connectivity index (χ0n) is 17.1. The van der Waals surface area contributed by atoms with Crippen LogP contribution >= 0.6 is 0 Å². The van der Waals surface area contributed by atoms with Crippen molar-refractivity contribution in [2.45, 2.75) is 17.7 Å². The van der Waals surface area contributed by atoms with E-state index in [-0.39, 0.29) is 0 Å². The second-order valence-corrected chi connectivity index (χ2v) is 9.47. The van der Waals surface area contributed by atoms with Gasteiger partial charge < -0.3 is 4.74 Å². The Hall–Kier alpha value is -3.23. The van der Waals surface area contributed by atoms with Gasteiger partial charge >= 0.3 is 0 Å². The van der Waals surface area contributed by atoms with E-state index in [1.807, 2.05) is 36.4 Å². The SMILES string of the molecule is COc1ccccc1-c1n[nH]c2ncc(-c3cccc(S(=O)(=O)N4CCCC4)c3)cc12. The monoisotopic (exact) mass is 434 g/mol. The van der Waals surface area contributed by atoms with Gasteiger partial charge in [-0.1, -0.05) is 24.3 Å². The van der Waals surface area contributed by atoms with Crippen molar-refractivity contribution in [1.29, 1.82) is 0 Å². The molecule has 0 aliphatic carbocycles. The number of nitrogens with one attached hydrogen (secondary N) is 1. The molecule has 0 saturated carbocycles.